The van der Waals surface area contributed by atoms with Crippen LogP contribution in [0.25, 0.3) is 0 Å². The first-order valence-corrected chi connectivity index (χ1v) is 5.35. The molecule has 0 saturated carbocycles. The highest BCUT2D eigenvalue weighted by atomic mass is 16.6. The van der Waals surface area contributed by atoms with Crippen molar-refractivity contribution in [2.75, 3.05) is 6.61 Å². The predicted molar refractivity (Wildman–Crippen MR) is 59.7 cm³/mol. The van der Waals surface area contributed by atoms with E-state index in [9.17, 15) is 4.79 Å². The molecule has 0 unspecified atom stereocenters. The zero-order valence-corrected chi connectivity index (χ0v) is 10.3. The van der Waals surface area contributed by atoms with Crippen molar-refractivity contribution in [2.45, 2.75) is 52.7 Å². The molecular weight excluding hydrogens is 196 g/mol. The second-order valence-electron chi connectivity index (χ2n) is 5.16. The molecule has 4 nitrogen and oxygen atoms in total. The number of alkyl carbamates (subject to hydrolysis) is 1. The maximum atomic E-state index is 11.4. The number of aliphatic hydroxyl groups is 1. The normalized spacial score (nSPS) is 13.8. The maximum absolute atomic E-state index is 11.4. The van der Waals surface area contributed by atoms with Crippen molar-refractivity contribution in [3.63, 3.8) is 0 Å². The minimum atomic E-state index is -0.498. The molecule has 90 valence electrons. The fraction of sp³-hybridized carbons (Fsp3) is 0.909. The molecular formula is C11H23NO3. The van der Waals surface area contributed by atoms with E-state index in [0.717, 1.165) is 6.42 Å². The summed E-state index contributed by atoms with van der Waals surface area (Å²) in [5.74, 6) is 0.428. The molecule has 0 bridgehead atoms. The van der Waals surface area contributed by atoms with Gasteiger partial charge in [-0.15, -0.1) is 0 Å². The van der Waals surface area contributed by atoms with Crippen LogP contribution in [0.2, 0.25) is 0 Å². The summed E-state index contributed by atoms with van der Waals surface area (Å²) >= 11 is 0. The number of carbonyl (C=O) groups is 1. The Labute approximate surface area is 92.0 Å². The molecule has 0 radical (unpaired) electrons. The zero-order valence-electron chi connectivity index (χ0n) is 10.3. The average molecular weight is 219 g/mol. The highest BCUT2D eigenvalue weighted by molar-refractivity contribution is 5.68. The number of carbonyl (C=O) groups excluding carboxylic acids is 1. The highest BCUT2D eigenvalue weighted by Gasteiger charge is 2.19. The first-order chi connectivity index (χ1) is 6.74. The van der Waals surface area contributed by atoms with Gasteiger partial charge in [-0.3, -0.25) is 0 Å². The second kappa shape index (κ2) is 5.95. The van der Waals surface area contributed by atoms with Crippen LogP contribution in [0, 0.1) is 5.92 Å². The van der Waals surface area contributed by atoms with Gasteiger partial charge in [0.25, 0.3) is 0 Å². The Morgan fingerprint density at radius 2 is 2.00 bits per heavy atom. The molecule has 0 saturated heterocycles. The highest BCUT2D eigenvalue weighted by Crippen LogP contribution is 2.08. The Balaban J connectivity index is 4.02. The van der Waals surface area contributed by atoms with Gasteiger partial charge in [-0.1, -0.05) is 13.8 Å². The van der Waals surface area contributed by atoms with Crippen LogP contribution in [0.3, 0.4) is 0 Å². The van der Waals surface area contributed by atoms with E-state index in [1.807, 2.05) is 34.6 Å². The number of nitrogens with one attached hydrogen (secondary N) is 1. The first kappa shape index (κ1) is 14.2. The summed E-state index contributed by atoms with van der Waals surface area (Å²) in [5.41, 5.74) is -0.498. The molecule has 4 heteroatoms. The Hall–Kier alpha value is -0.770. The molecule has 0 aromatic rings. The van der Waals surface area contributed by atoms with Gasteiger partial charge in [-0.05, 0) is 33.1 Å². The summed E-state index contributed by atoms with van der Waals surface area (Å²) in [7, 11) is 0. The molecule has 0 fully saturated rings. The van der Waals surface area contributed by atoms with Crippen LogP contribution >= 0.6 is 0 Å². The average Bonchev–Trinajstić information content (AvgIpc) is 1.98. The van der Waals surface area contributed by atoms with E-state index in [1.54, 1.807) is 0 Å². The lowest BCUT2D eigenvalue weighted by atomic mass is 10.2. The number of rotatable bonds is 4. The Morgan fingerprint density at radius 3 is 2.33 bits per heavy atom. The minimum absolute atomic E-state index is 0.0581. The van der Waals surface area contributed by atoms with Gasteiger partial charge in [0.15, 0.2) is 0 Å². The molecule has 0 aliphatic carbocycles. The van der Waals surface area contributed by atoms with E-state index in [0.29, 0.717) is 5.92 Å². The molecule has 2 N–H and O–H groups in total. The zero-order chi connectivity index (χ0) is 12.1. The first-order valence-electron chi connectivity index (χ1n) is 5.35. The standard InChI is InChI=1S/C11H23NO3/c1-8(2)6-9(7-13)12-10(14)15-11(3,4)5/h8-9,13H,6-7H2,1-5H3,(H,12,14)/t9-/m1/s1/i8+2. The molecule has 1 amide bonds. The third-order valence-corrected chi connectivity index (χ3v) is 1.70. The molecule has 0 aromatic carbocycles. The molecule has 1 atom stereocenters. The number of amides is 1. The largest absolute Gasteiger partial charge is 0.444 e. The fourth-order valence-corrected chi connectivity index (χ4v) is 1.22. The molecule has 0 spiro atoms. The summed E-state index contributed by atoms with van der Waals surface area (Å²) in [4.78, 5) is 11.4. The van der Waals surface area contributed by atoms with Gasteiger partial charge >= 0.3 is 6.09 Å². The molecule has 15 heavy (non-hydrogen) atoms. The topological polar surface area (TPSA) is 58.6 Å². The minimum Gasteiger partial charge on any atom is -0.444 e. The Morgan fingerprint density at radius 1 is 1.47 bits per heavy atom. The molecule has 0 aliphatic heterocycles. The van der Waals surface area contributed by atoms with Crippen LogP contribution in [0.1, 0.15) is 41.0 Å². The number of hydrogen-bond donors (Lipinski definition) is 2. The second-order valence-corrected chi connectivity index (χ2v) is 5.16. The Kier molecular flexibility index (Phi) is 5.65. The molecule has 0 aromatic heterocycles. The van der Waals surface area contributed by atoms with Crippen molar-refractivity contribution in [1.29, 1.82) is 0 Å². The van der Waals surface area contributed by atoms with Gasteiger partial charge in [0.1, 0.15) is 5.60 Å². The van der Waals surface area contributed by atoms with Crippen molar-refractivity contribution in [2.24, 2.45) is 5.92 Å². The summed E-state index contributed by atoms with van der Waals surface area (Å²) in [6, 6.07) is -0.222. The predicted octanol–water partition coefficient (Wildman–Crippen LogP) is 1.92. The van der Waals surface area contributed by atoms with Gasteiger partial charge in [0, 0.05) is 0 Å². The fourth-order valence-electron chi connectivity index (χ4n) is 1.22. The van der Waals surface area contributed by atoms with E-state index >= 15 is 0 Å². The van der Waals surface area contributed by atoms with Crippen LogP contribution in [0.4, 0.5) is 4.79 Å². The summed E-state index contributed by atoms with van der Waals surface area (Å²) in [6.45, 7) is 9.45. The molecule has 0 heterocycles. The van der Waals surface area contributed by atoms with Gasteiger partial charge < -0.3 is 15.2 Å². The number of aliphatic hydroxyl groups excluding tert-OH is 1. The van der Waals surface area contributed by atoms with Crippen LogP contribution in [-0.4, -0.2) is 29.4 Å². The van der Waals surface area contributed by atoms with E-state index in [-0.39, 0.29) is 12.6 Å². The smallest absolute Gasteiger partial charge is 0.407 e. The monoisotopic (exact) mass is 219 g/mol. The maximum Gasteiger partial charge on any atom is 0.407 e. The van der Waals surface area contributed by atoms with Crippen molar-refractivity contribution in [3.05, 3.63) is 0 Å². The lowest BCUT2D eigenvalue weighted by Crippen LogP contribution is -2.41. The number of hydrogen-bond acceptors (Lipinski definition) is 3. The summed E-state index contributed by atoms with van der Waals surface area (Å²) < 4.78 is 5.09. The lowest BCUT2D eigenvalue weighted by molar-refractivity contribution is 0.0474. The van der Waals surface area contributed by atoms with Crippen LogP contribution < -0.4 is 5.32 Å². The van der Waals surface area contributed by atoms with E-state index in [1.165, 1.54) is 0 Å². The van der Waals surface area contributed by atoms with Crippen molar-refractivity contribution in [1.82, 2.24) is 5.32 Å². The van der Waals surface area contributed by atoms with Crippen molar-refractivity contribution >= 4 is 6.09 Å². The van der Waals surface area contributed by atoms with Gasteiger partial charge in [0.2, 0.25) is 0 Å². The third kappa shape index (κ3) is 8.24. The van der Waals surface area contributed by atoms with Crippen LogP contribution in [0.15, 0.2) is 0 Å². The molecule has 0 rings (SSSR count). The Bertz CT molecular complexity index is 196. The van der Waals surface area contributed by atoms with Crippen molar-refractivity contribution in [3.8, 4) is 0 Å². The summed E-state index contributed by atoms with van der Waals surface area (Å²) in [5, 5.41) is 11.7. The SMILES string of the molecule is C[14CH](C)C[C@H](CO)NC(=O)OC(C)(C)C. The van der Waals surface area contributed by atoms with Crippen LogP contribution in [-0.2, 0) is 4.74 Å². The van der Waals surface area contributed by atoms with Gasteiger partial charge in [-0.25, -0.2) is 4.79 Å². The lowest BCUT2D eigenvalue weighted by Gasteiger charge is -2.23. The van der Waals surface area contributed by atoms with Crippen molar-refractivity contribution < 1.29 is 14.6 Å². The third-order valence-electron chi connectivity index (χ3n) is 1.70. The van der Waals surface area contributed by atoms with E-state index in [2.05, 4.69) is 5.32 Å². The van der Waals surface area contributed by atoms with Crippen LogP contribution in [0.5, 0.6) is 0 Å². The quantitative estimate of drug-likeness (QED) is 0.759. The van der Waals surface area contributed by atoms with E-state index < -0.39 is 11.7 Å². The number of ether oxygens (including phenoxy) is 1. The summed E-state index contributed by atoms with van der Waals surface area (Å²) in [6.07, 6.45) is 0.276. The molecule has 0 aliphatic rings. The van der Waals surface area contributed by atoms with Gasteiger partial charge in [0.05, 0.1) is 12.6 Å². The van der Waals surface area contributed by atoms with Gasteiger partial charge in [-0.2, -0.15) is 0 Å². The van der Waals surface area contributed by atoms with E-state index in [4.69, 9.17) is 9.84 Å².